The molecule has 1 aromatic carbocycles. The smallest absolute Gasteiger partial charge is 0.0944 e. The Labute approximate surface area is 119 Å². The molecule has 2 N–H and O–H groups in total. The van der Waals surface area contributed by atoms with Crippen LogP contribution in [0.2, 0.25) is 0 Å². The molecule has 1 aliphatic rings. The van der Waals surface area contributed by atoms with Gasteiger partial charge in [0.15, 0.2) is 0 Å². The van der Waals surface area contributed by atoms with Crippen molar-refractivity contribution in [2.24, 2.45) is 11.1 Å². The molecular weight excluding hydrogens is 252 g/mol. The van der Waals surface area contributed by atoms with Gasteiger partial charge in [-0.15, -0.1) is 11.3 Å². The molecule has 0 aliphatic heterocycles. The van der Waals surface area contributed by atoms with E-state index in [1.165, 1.54) is 48.2 Å². The Bertz CT molecular complexity index is 505. The van der Waals surface area contributed by atoms with Crippen LogP contribution in [0.3, 0.4) is 0 Å². The van der Waals surface area contributed by atoms with Gasteiger partial charge in [-0.05, 0) is 36.9 Å². The lowest BCUT2D eigenvalue weighted by molar-refractivity contribution is 0.252. The van der Waals surface area contributed by atoms with Crippen LogP contribution in [0, 0.1) is 5.41 Å². The first-order chi connectivity index (χ1) is 9.31. The second-order valence-electron chi connectivity index (χ2n) is 5.87. The molecular formula is C16H22N2S. The Kier molecular flexibility index (Phi) is 3.85. The lowest BCUT2D eigenvalue weighted by atomic mass is 9.78. The fourth-order valence-electron chi connectivity index (χ4n) is 3.25. The van der Waals surface area contributed by atoms with Crippen LogP contribution in [0.15, 0.2) is 24.3 Å². The maximum atomic E-state index is 6.13. The molecule has 1 saturated carbocycles. The minimum atomic E-state index is 0.310. The van der Waals surface area contributed by atoms with Crippen molar-refractivity contribution in [2.75, 3.05) is 6.54 Å². The Morgan fingerprint density at radius 3 is 2.53 bits per heavy atom. The third-order valence-electron chi connectivity index (χ3n) is 4.46. The molecule has 1 fully saturated rings. The summed E-state index contributed by atoms with van der Waals surface area (Å²) in [6, 6.07) is 8.43. The molecule has 19 heavy (non-hydrogen) atoms. The van der Waals surface area contributed by atoms with Crippen LogP contribution >= 0.6 is 11.3 Å². The Balaban J connectivity index is 1.84. The molecule has 0 spiro atoms. The molecule has 0 radical (unpaired) electrons. The Morgan fingerprint density at radius 2 is 1.84 bits per heavy atom. The number of fused-ring (bicyclic) bond motifs is 1. The molecule has 3 rings (SSSR count). The van der Waals surface area contributed by atoms with Gasteiger partial charge in [-0.25, -0.2) is 4.98 Å². The first-order valence-corrected chi connectivity index (χ1v) is 8.18. The summed E-state index contributed by atoms with van der Waals surface area (Å²) in [6.07, 6.45) is 9.05. The van der Waals surface area contributed by atoms with Crippen LogP contribution in [0.1, 0.15) is 43.5 Å². The zero-order valence-electron chi connectivity index (χ0n) is 11.4. The number of aromatic nitrogens is 1. The first-order valence-electron chi connectivity index (χ1n) is 7.36. The normalized spacial score (nSPS) is 19.4. The van der Waals surface area contributed by atoms with Crippen LogP contribution in [-0.4, -0.2) is 11.5 Å². The average molecular weight is 274 g/mol. The van der Waals surface area contributed by atoms with E-state index in [4.69, 9.17) is 10.7 Å². The second kappa shape index (κ2) is 5.59. The number of thiazole rings is 1. The van der Waals surface area contributed by atoms with Crippen molar-refractivity contribution in [3.05, 3.63) is 29.3 Å². The van der Waals surface area contributed by atoms with Gasteiger partial charge in [0.2, 0.25) is 0 Å². The summed E-state index contributed by atoms with van der Waals surface area (Å²) in [5, 5.41) is 1.27. The zero-order valence-corrected chi connectivity index (χ0v) is 12.2. The third-order valence-corrected chi connectivity index (χ3v) is 5.50. The van der Waals surface area contributed by atoms with Crippen molar-refractivity contribution >= 4 is 21.6 Å². The zero-order chi connectivity index (χ0) is 13.1. The number of nitrogens with zero attached hydrogens (tertiary/aromatic N) is 1. The molecule has 1 aliphatic carbocycles. The minimum Gasteiger partial charge on any atom is -0.330 e. The van der Waals surface area contributed by atoms with E-state index in [1.807, 2.05) is 11.3 Å². The highest BCUT2D eigenvalue weighted by molar-refractivity contribution is 7.18. The number of nitrogens with two attached hydrogens (primary N) is 1. The van der Waals surface area contributed by atoms with E-state index in [9.17, 15) is 0 Å². The van der Waals surface area contributed by atoms with Crippen LogP contribution in [0.25, 0.3) is 10.2 Å². The first kappa shape index (κ1) is 13.1. The van der Waals surface area contributed by atoms with E-state index in [0.717, 1.165) is 18.5 Å². The van der Waals surface area contributed by atoms with Crippen molar-refractivity contribution < 1.29 is 0 Å². The summed E-state index contributed by atoms with van der Waals surface area (Å²) in [6.45, 7) is 0.808. The standard InChI is InChI=1S/C16H22N2S/c17-12-16(9-5-1-2-6-10-16)11-15-18-13-7-3-4-8-14(13)19-15/h3-4,7-8H,1-2,5-6,9-12,17H2. The summed E-state index contributed by atoms with van der Waals surface area (Å²) in [7, 11) is 0. The maximum Gasteiger partial charge on any atom is 0.0944 e. The highest BCUT2D eigenvalue weighted by Crippen LogP contribution is 2.38. The average Bonchev–Trinajstić information content (AvgIpc) is 2.69. The van der Waals surface area contributed by atoms with E-state index in [2.05, 4.69) is 24.3 Å². The molecule has 0 atom stereocenters. The number of rotatable bonds is 3. The summed E-state index contributed by atoms with van der Waals surface area (Å²) < 4.78 is 1.30. The monoisotopic (exact) mass is 274 g/mol. The van der Waals surface area contributed by atoms with Gasteiger partial charge in [0.05, 0.1) is 15.2 Å². The van der Waals surface area contributed by atoms with Crippen molar-refractivity contribution in [2.45, 2.75) is 44.9 Å². The maximum absolute atomic E-state index is 6.13. The van der Waals surface area contributed by atoms with Crippen molar-refractivity contribution in [1.82, 2.24) is 4.98 Å². The molecule has 2 nitrogen and oxygen atoms in total. The number of benzene rings is 1. The van der Waals surface area contributed by atoms with E-state index >= 15 is 0 Å². The van der Waals surface area contributed by atoms with Crippen molar-refractivity contribution in [3.63, 3.8) is 0 Å². The largest absolute Gasteiger partial charge is 0.330 e. The van der Waals surface area contributed by atoms with Crippen LogP contribution in [0.5, 0.6) is 0 Å². The van der Waals surface area contributed by atoms with Gasteiger partial charge in [-0.2, -0.15) is 0 Å². The molecule has 2 aromatic rings. The molecule has 102 valence electrons. The molecule has 1 heterocycles. The van der Waals surface area contributed by atoms with Crippen LogP contribution in [-0.2, 0) is 6.42 Å². The lowest BCUT2D eigenvalue weighted by Gasteiger charge is -2.30. The third kappa shape index (κ3) is 2.82. The summed E-state index contributed by atoms with van der Waals surface area (Å²) in [4.78, 5) is 4.79. The van der Waals surface area contributed by atoms with Gasteiger partial charge in [0.25, 0.3) is 0 Å². The highest BCUT2D eigenvalue weighted by Gasteiger charge is 2.30. The predicted octanol–water partition coefficient (Wildman–Crippen LogP) is 4.14. The molecule has 0 unspecified atom stereocenters. The van der Waals surface area contributed by atoms with E-state index in [1.54, 1.807) is 0 Å². The highest BCUT2D eigenvalue weighted by atomic mass is 32.1. The SMILES string of the molecule is NCC1(Cc2nc3ccccc3s2)CCCCCC1. The Hall–Kier alpha value is -0.930. The van der Waals surface area contributed by atoms with Crippen LogP contribution < -0.4 is 5.73 Å². The van der Waals surface area contributed by atoms with Gasteiger partial charge in [-0.3, -0.25) is 0 Å². The van der Waals surface area contributed by atoms with Gasteiger partial charge in [-0.1, -0.05) is 37.8 Å². The van der Waals surface area contributed by atoms with Crippen LogP contribution in [0.4, 0.5) is 0 Å². The van der Waals surface area contributed by atoms with Gasteiger partial charge < -0.3 is 5.73 Å². The molecule has 3 heteroatoms. The molecule has 0 amide bonds. The quantitative estimate of drug-likeness (QED) is 0.854. The van der Waals surface area contributed by atoms with E-state index < -0.39 is 0 Å². The van der Waals surface area contributed by atoms with Crippen molar-refractivity contribution in [3.8, 4) is 0 Å². The van der Waals surface area contributed by atoms with Gasteiger partial charge in [0.1, 0.15) is 0 Å². The number of hydrogen-bond acceptors (Lipinski definition) is 3. The Morgan fingerprint density at radius 1 is 1.11 bits per heavy atom. The molecule has 1 aromatic heterocycles. The van der Waals surface area contributed by atoms with E-state index in [0.29, 0.717) is 5.41 Å². The fraction of sp³-hybridized carbons (Fsp3) is 0.562. The van der Waals surface area contributed by atoms with Gasteiger partial charge >= 0.3 is 0 Å². The summed E-state index contributed by atoms with van der Waals surface area (Å²) in [5.41, 5.74) is 7.58. The second-order valence-corrected chi connectivity index (χ2v) is 6.99. The lowest BCUT2D eigenvalue weighted by Crippen LogP contribution is -2.32. The van der Waals surface area contributed by atoms with Gasteiger partial charge in [0, 0.05) is 6.42 Å². The molecule has 0 bridgehead atoms. The summed E-state index contributed by atoms with van der Waals surface area (Å²) in [5.74, 6) is 0. The van der Waals surface area contributed by atoms with Crippen molar-refractivity contribution in [1.29, 1.82) is 0 Å². The fourth-order valence-corrected chi connectivity index (χ4v) is 4.39. The number of hydrogen-bond donors (Lipinski definition) is 1. The topological polar surface area (TPSA) is 38.9 Å². The van der Waals surface area contributed by atoms with E-state index in [-0.39, 0.29) is 0 Å². The summed E-state index contributed by atoms with van der Waals surface area (Å²) >= 11 is 1.84. The number of para-hydroxylation sites is 1. The predicted molar refractivity (Wildman–Crippen MR) is 82.5 cm³/mol. The minimum absolute atomic E-state index is 0.310. The molecule has 0 saturated heterocycles.